The van der Waals surface area contributed by atoms with Crippen LogP contribution < -0.4 is 11.1 Å². The molecule has 1 unspecified atom stereocenters. The van der Waals surface area contributed by atoms with E-state index in [1.807, 2.05) is 18.7 Å². The van der Waals surface area contributed by atoms with Crippen molar-refractivity contribution in [3.63, 3.8) is 0 Å². The molecule has 1 aromatic rings. The SMILES string of the molecule is CCSCCC(C)NC(=O)c1cc(N)cc(S(C)(=O)=O)c1. The van der Waals surface area contributed by atoms with E-state index in [0.29, 0.717) is 0 Å². The van der Waals surface area contributed by atoms with Crippen molar-refractivity contribution in [2.45, 2.75) is 31.2 Å². The molecule has 1 aromatic carbocycles. The number of carbonyl (C=O) groups is 1. The van der Waals surface area contributed by atoms with Crippen LogP contribution in [0.5, 0.6) is 0 Å². The van der Waals surface area contributed by atoms with Gasteiger partial charge in [-0.1, -0.05) is 6.92 Å². The first kappa shape index (κ1) is 17.8. The Bertz CT molecular complexity index is 600. The number of hydrogen-bond donors (Lipinski definition) is 2. The molecule has 1 atom stereocenters. The topological polar surface area (TPSA) is 89.3 Å². The summed E-state index contributed by atoms with van der Waals surface area (Å²) in [5.41, 5.74) is 6.21. The molecule has 0 saturated heterocycles. The fraction of sp³-hybridized carbons (Fsp3) is 0.500. The third-order valence-corrected chi connectivity index (χ3v) is 4.92. The lowest BCUT2D eigenvalue weighted by atomic mass is 10.1. The molecule has 0 spiro atoms. The summed E-state index contributed by atoms with van der Waals surface area (Å²) < 4.78 is 23.1. The van der Waals surface area contributed by atoms with Gasteiger partial charge in [0.1, 0.15) is 0 Å². The van der Waals surface area contributed by atoms with E-state index in [1.54, 1.807) is 0 Å². The van der Waals surface area contributed by atoms with Crippen LogP contribution in [0.15, 0.2) is 23.1 Å². The maximum absolute atomic E-state index is 12.2. The van der Waals surface area contributed by atoms with Crippen molar-refractivity contribution in [1.82, 2.24) is 5.32 Å². The van der Waals surface area contributed by atoms with Crippen molar-refractivity contribution in [1.29, 1.82) is 0 Å². The number of nitrogens with one attached hydrogen (secondary N) is 1. The number of nitrogens with two attached hydrogens (primary N) is 1. The number of nitrogen functional groups attached to an aromatic ring is 1. The van der Waals surface area contributed by atoms with Gasteiger partial charge in [-0.05, 0) is 43.0 Å². The second-order valence-electron chi connectivity index (χ2n) is 4.92. The highest BCUT2D eigenvalue weighted by Gasteiger charge is 2.15. The maximum atomic E-state index is 12.2. The Balaban J connectivity index is 2.81. The van der Waals surface area contributed by atoms with Gasteiger partial charge in [0, 0.05) is 23.5 Å². The first-order valence-electron chi connectivity index (χ1n) is 6.73. The molecule has 0 aliphatic carbocycles. The van der Waals surface area contributed by atoms with E-state index in [-0.39, 0.29) is 28.1 Å². The van der Waals surface area contributed by atoms with Crippen molar-refractivity contribution in [3.8, 4) is 0 Å². The molecule has 0 radical (unpaired) electrons. The molecule has 0 saturated carbocycles. The van der Waals surface area contributed by atoms with Gasteiger partial charge in [-0.15, -0.1) is 0 Å². The monoisotopic (exact) mass is 330 g/mol. The molecule has 7 heteroatoms. The van der Waals surface area contributed by atoms with Gasteiger partial charge in [0.15, 0.2) is 9.84 Å². The quantitative estimate of drug-likeness (QED) is 0.589. The molecular weight excluding hydrogens is 308 g/mol. The van der Waals surface area contributed by atoms with Crippen molar-refractivity contribution in [3.05, 3.63) is 23.8 Å². The molecule has 21 heavy (non-hydrogen) atoms. The van der Waals surface area contributed by atoms with Gasteiger partial charge in [-0.3, -0.25) is 4.79 Å². The van der Waals surface area contributed by atoms with Gasteiger partial charge in [0.05, 0.1) is 4.90 Å². The molecule has 1 amide bonds. The lowest BCUT2D eigenvalue weighted by Crippen LogP contribution is -2.33. The number of amides is 1. The lowest BCUT2D eigenvalue weighted by Gasteiger charge is -2.14. The van der Waals surface area contributed by atoms with Gasteiger partial charge < -0.3 is 11.1 Å². The molecule has 0 heterocycles. The summed E-state index contributed by atoms with van der Waals surface area (Å²) in [6, 6.07) is 4.22. The zero-order chi connectivity index (χ0) is 16.0. The highest BCUT2D eigenvalue weighted by Crippen LogP contribution is 2.17. The fourth-order valence-corrected chi connectivity index (χ4v) is 3.25. The van der Waals surface area contributed by atoms with Gasteiger partial charge in [-0.25, -0.2) is 8.42 Å². The average Bonchev–Trinajstić information content (AvgIpc) is 2.37. The Labute approximate surface area is 130 Å². The zero-order valence-corrected chi connectivity index (χ0v) is 14.2. The van der Waals surface area contributed by atoms with Crippen molar-refractivity contribution in [2.75, 3.05) is 23.5 Å². The fourth-order valence-electron chi connectivity index (χ4n) is 1.75. The second-order valence-corrected chi connectivity index (χ2v) is 8.33. The molecule has 0 aromatic heterocycles. The number of hydrogen-bond acceptors (Lipinski definition) is 5. The standard InChI is InChI=1S/C14H22N2O3S2/c1-4-20-6-5-10(2)16-14(17)11-7-12(15)9-13(8-11)21(3,18)19/h7-10H,4-6,15H2,1-3H3,(H,16,17). The van der Waals surface area contributed by atoms with Crippen molar-refractivity contribution < 1.29 is 13.2 Å². The number of carbonyl (C=O) groups excluding carboxylic acids is 1. The van der Waals surface area contributed by atoms with Gasteiger partial charge in [0.2, 0.25) is 0 Å². The minimum atomic E-state index is -3.39. The highest BCUT2D eigenvalue weighted by atomic mass is 32.2. The average molecular weight is 330 g/mol. The number of thioether (sulfide) groups is 1. The van der Waals surface area contributed by atoms with Crippen LogP contribution in [0.25, 0.3) is 0 Å². The van der Waals surface area contributed by atoms with Crippen LogP contribution in [0.3, 0.4) is 0 Å². The second kappa shape index (κ2) is 7.70. The minimum absolute atomic E-state index is 0.0275. The zero-order valence-electron chi connectivity index (χ0n) is 12.5. The summed E-state index contributed by atoms with van der Waals surface area (Å²) in [5.74, 6) is 1.72. The molecule has 1 rings (SSSR count). The van der Waals surface area contributed by atoms with E-state index >= 15 is 0 Å². The number of sulfone groups is 1. The van der Waals surface area contributed by atoms with Crippen LogP contribution in [0.2, 0.25) is 0 Å². The third-order valence-electron chi connectivity index (χ3n) is 2.90. The Kier molecular flexibility index (Phi) is 6.54. The van der Waals surface area contributed by atoms with Crippen LogP contribution in [0.4, 0.5) is 5.69 Å². The van der Waals surface area contributed by atoms with E-state index in [9.17, 15) is 13.2 Å². The molecule has 0 aliphatic heterocycles. The van der Waals surface area contributed by atoms with Gasteiger partial charge >= 0.3 is 0 Å². The van der Waals surface area contributed by atoms with E-state index in [1.165, 1.54) is 18.2 Å². The van der Waals surface area contributed by atoms with E-state index in [4.69, 9.17) is 5.73 Å². The Hall–Kier alpha value is -1.21. The number of rotatable bonds is 7. The molecule has 5 nitrogen and oxygen atoms in total. The number of benzene rings is 1. The largest absolute Gasteiger partial charge is 0.399 e. The van der Waals surface area contributed by atoms with E-state index in [2.05, 4.69) is 12.2 Å². The van der Waals surface area contributed by atoms with Crippen molar-refractivity contribution >= 4 is 33.2 Å². The minimum Gasteiger partial charge on any atom is -0.399 e. The summed E-state index contributed by atoms with van der Waals surface area (Å²) in [4.78, 5) is 12.2. The van der Waals surface area contributed by atoms with Crippen molar-refractivity contribution in [2.24, 2.45) is 0 Å². The Morgan fingerprint density at radius 3 is 2.62 bits per heavy atom. The van der Waals surface area contributed by atoms with Crippen LogP contribution in [0.1, 0.15) is 30.6 Å². The first-order valence-corrected chi connectivity index (χ1v) is 9.78. The third kappa shape index (κ3) is 5.97. The predicted molar refractivity (Wildman–Crippen MR) is 88.5 cm³/mol. The smallest absolute Gasteiger partial charge is 0.251 e. The maximum Gasteiger partial charge on any atom is 0.251 e. The lowest BCUT2D eigenvalue weighted by molar-refractivity contribution is 0.0939. The Morgan fingerprint density at radius 1 is 1.38 bits per heavy atom. The van der Waals surface area contributed by atoms with E-state index in [0.717, 1.165) is 24.2 Å². The molecule has 118 valence electrons. The van der Waals surface area contributed by atoms with Gasteiger partial charge in [0.25, 0.3) is 5.91 Å². The normalized spacial score (nSPS) is 12.9. The first-order chi connectivity index (χ1) is 9.74. The number of anilines is 1. The van der Waals surface area contributed by atoms with Gasteiger partial charge in [-0.2, -0.15) is 11.8 Å². The molecule has 0 aliphatic rings. The summed E-state index contributed by atoms with van der Waals surface area (Å²) in [6.45, 7) is 4.02. The molecule has 0 bridgehead atoms. The van der Waals surface area contributed by atoms with E-state index < -0.39 is 9.84 Å². The Morgan fingerprint density at radius 2 is 2.05 bits per heavy atom. The van der Waals surface area contributed by atoms with Crippen LogP contribution in [-0.4, -0.2) is 38.1 Å². The molecule has 3 N–H and O–H groups in total. The predicted octanol–water partition coefficient (Wildman–Crippen LogP) is 1.93. The summed E-state index contributed by atoms with van der Waals surface area (Å²) >= 11 is 1.82. The molecule has 0 fully saturated rings. The summed E-state index contributed by atoms with van der Waals surface area (Å²) in [5, 5.41) is 2.86. The van der Waals surface area contributed by atoms with Crippen LogP contribution in [0, 0.1) is 0 Å². The highest BCUT2D eigenvalue weighted by molar-refractivity contribution is 7.99. The molecular formula is C14H22N2O3S2. The summed E-state index contributed by atoms with van der Waals surface area (Å²) in [6.07, 6.45) is 1.96. The summed E-state index contributed by atoms with van der Waals surface area (Å²) in [7, 11) is -3.39. The van der Waals surface area contributed by atoms with Crippen LogP contribution >= 0.6 is 11.8 Å². The van der Waals surface area contributed by atoms with Crippen LogP contribution in [-0.2, 0) is 9.84 Å².